The average molecular weight is 479 g/mol. The van der Waals surface area contributed by atoms with Gasteiger partial charge in [-0.05, 0) is 35.6 Å². The molecule has 1 aliphatic heterocycles. The van der Waals surface area contributed by atoms with E-state index in [4.69, 9.17) is 9.47 Å². The van der Waals surface area contributed by atoms with E-state index in [0.29, 0.717) is 32.9 Å². The molecule has 0 unspecified atom stereocenters. The number of hydrogen-bond donors (Lipinski definition) is 1. The first-order valence-electron chi connectivity index (χ1n) is 12.2. The zero-order valence-corrected chi connectivity index (χ0v) is 21.1. The maximum atomic E-state index is 13.2. The van der Waals surface area contributed by atoms with Crippen molar-refractivity contribution >= 4 is 17.5 Å². The van der Waals surface area contributed by atoms with Gasteiger partial charge in [-0.25, -0.2) is 0 Å². The summed E-state index contributed by atoms with van der Waals surface area (Å²) >= 11 is 0. The number of anilines is 1. The highest BCUT2D eigenvalue weighted by atomic mass is 16.5. The van der Waals surface area contributed by atoms with E-state index in [0.717, 1.165) is 35.4 Å². The lowest BCUT2D eigenvalue weighted by Gasteiger charge is -2.26. The summed E-state index contributed by atoms with van der Waals surface area (Å²) in [6, 6.07) is 15.5. The van der Waals surface area contributed by atoms with Crippen LogP contribution in [0.1, 0.15) is 58.2 Å². The maximum Gasteiger partial charge on any atom is 0.227 e. The number of para-hydroxylation sites is 1. The topological polar surface area (TPSA) is 67.9 Å². The lowest BCUT2D eigenvalue weighted by Crippen LogP contribution is -2.34. The molecular formula is C29H38N2O4. The molecule has 0 saturated carbocycles. The molecule has 188 valence electrons. The fourth-order valence-corrected chi connectivity index (χ4v) is 3.61. The molecule has 2 aromatic carbocycles. The van der Waals surface area contributed by atoms with Gasteiger partial charge in [-0.3, -0.25) is 9.59 Å². The van der Waals surface area contributed by atoms with Crippen LogP contribution in [0, 0.1) is 17.3 Å². The van der Waals surface area contributed by atoms with Gasteiger partial charge in [0.25, 0.3) is 0 Å². The summed E-state index contributed by atoms with van der Waals surface area (Å²) in [4.78, 5) is 27.2. The number of fused-ring (bicyclic) bond motifs is 2. The Balaban J connectivity index is 0.00000456. The van der Waals surface area contributed by atoms with E-state index in [2.05, 4.69) is 37.9 Å². The van der Waals surface area contributed by atoms with E-state index in [-0.39, 0.29) is 31.5 Å². The molecule has 1 aliphatic rings. The summed E-state index contributed by atoms with van der Waals surface area (Å²) in [6.45, 7) is 9.56. The molecular weight excluding hydrogens is 440 g/mol. The minimum Gasteiger partial charge on any atom is -0.379 e. The third-order valence-electron chi connectivity index (χ3n) is 5.68. The molecule has 0 aromatic heterocycles. The van der Waals surface area contributed by atoms with Gasteiger partial charge in [-0.2, -0.15) is 0 Å². The van der Waals surface area contributed by atoms with Gasteiger partial charge in [-0.15, -0.1) is 0 Å². The molecule has 3 rings (SSSR count). The molecule has 1 heterocycles. The van der Waals surface area contributed by atoms with Crippen molar-refractivity contribution in [3.05, 3.63) is 65.2 Å². The van der Waals surface area contributed by atoms with Gasteiger partial charge in [0.15, 0.2) is 0 Å². The van der Waals surface area contributed by atoms with Crippen LogP contribution in [0.3, 0.4) is 0 Å². The van der Waals surface area contributed by atoms with Gasteiger partial charge in [0, 0.05) is 38.5 Å². The predicted molar refractivity (Wildman–Crippen MR) is 140 cm³/mol. The van der Waals surface area contributed by atoms with Gasteiger partial charge in [-0.1, -0.05) is 62.9 Å². The van der Waals surface area contributed by atoms with E-state index in [1.807, 2.05) is 48.5 Å². The van der Waals surface area contributed by atoms with Gasteiger partial charge in [0.05, 0.1) is 32.1 Å². The fourth-order valence-electron chi connectivity index (χ4n) is 3.61. The third kappa shape index (κ3) is 8.86. The van der Waals surface area contributed by atoms with Crippen LogP contribution in [-0.4, -0.2) is 44.8 Å². The Labute approximate surface area is 210 Å². The van der Waals surface area contributed by atoms with Crippen molar-refractivity contribution in [3.8, 4) is 11.8 Å². The molecule has 1 N–H and O–H groups in total. The average Bonchev–Trinajstić information content (AvgIpc) is 2.82. The monoisotopic (exact) mass is 478 g/mol. The normalized spacial score (nSPS) is 12.5. The molecule has 35 heavy (non-hydrogen) atoms. The van der Waals surface area contributed by atoms with Crippen LogP contribution in [0.25, 0.3) is 0 Å². The molecule has 2 aromatic rings. The van der Waals surface area contributed by atoms with Crippen molar-refractivity contribution in [2.75, 3.05) is 37.9 Å². The zero-order chi connectivity index (χ0) is 25.1. The second-order valence-corrected chi connectivity index (χ2v) is 9.79. The first-order chi connectivity index (χ1) is 16.8. The van der Waals surface area contributed by atoms with Crippen LogP contribution in [0.4, 0.5) is 5.69 Å². The third-order valence-corrected chi connectivity index (χ3v) is 5.68. The lowest BCUT2D eigenvalue weighted by atomic mass is 9.93. The Morgan fingerprint density at radius 3 is 2.34 bits per heavy atom. The van der Waals surface area contributed by atoms with Gasteiger partial charge in [0.2, 0.25) is 11.8 Å². The van der Waals surface area contributed by atoms with Crippen LogP contribution in [0.15, 0.2) is 48.5 Å². The minimum atomic E-state index is -0.163. The number of rotatable bonds is 11. The highest BCUT2D eigenvalue weighted by Crippen LogP contribution is 2.26. The number of benzene rings is 2. The van der Waals surface area contributed by atoms with Crippen LogP contribution >= 0.6 is 0 Å². The molecule has 0 aliphatic carbocycles. The van der Waals surface area contributed by atoms with E-state index in [1.165, 1.54) is 0 Å². The lowest BCUT2D eigenvalue weighted by molar-refractivity contribution is -0.125. The molecule has 0 saturated heterocycles. The number of amides is 2. The van der Waals surface area contributed by atoms with Crippen LogP contribution < -0.4 is 10.2 Å². The molecule has 2 amide bonds. The summed E-state index contributed by atoms with van der Waals surface area (Å²) in [5.74, 6) is 6.13. The van der Waals surface area contributed by atoms with Crippen molar-refractivity contribution in [3.63, 3.8) is 0 Å². The predicted octanol–water partition coefficient (Wildman–Crippen LogP) is 4.54. The van der Waals surface area contributed by atoms with Crippen molar-refractivity contribution in [2.24, 2.45) is 5.41 Å². The Kier molecular flexibility index (Phi) is 9.89. The SMILES string of the molecule is CC(C)(C)CCOCCOCCNC(=O)CCC(=O)N1Cc2ccccc2C#Cc2ccccc21.[HH]. The van der Waals surface area contributed by atoms with Crippen LogP contribution in [0.2, 0.25) is 0 Å². The number of carbonyl (C=O) groups is 2. The fraction of sp³-hybridized carbons (Fsp3) is 0.448. The summed E-state index contributed by atoms with van der Waals surface area (Å²) < 4.78 is 11.1. The number of nitrogens with zero attached hydrogens (tertiary/aromatic N) is 1. The molecule has 0 fully saturated rings. The zero-order valence-electron chi connectivity index (χ0n) is 21.1. The highest BCUT2D eigenvalue weighted by molar-refractivity contribution is 5.96. The summed E-state index contributed by atoms with van der Waals surface area (Å²) in [6.07, 6.45) is 1.25. The van der Waals surface area contributed by atoms with Crippen molar-refractivity contribution in [1.82, 2.24) is 5.32 Å². The first-order valence-corrected chi connectivity index (χ1v) is 12.2. The number of carbonyl (C=O) groups excluding carboxylic acids is 2. The van der Waals surface area contributed by atoms with Crippen LogP contribution in [0.5, 0.6) is 0 Å². The number of hydrogen-bond acceptors (Lipinski definition) is 4. The van der Waals surface area contributed by atoms with Crippen molar-refractivity contribution in [1.29, 1.82) is 0 Å². The Hall–Kier alpha value is -3.14. The van der Waals surface area contributed by atoms with Gasteiger partial charge < -0.3 is 19.7 Å². The number of ether oxygens (including phenoxy) is 2. The summed E-state index contributed by atoms with van der Waals surface area (Å²) in [5, 5.41) is 2.82. The second kappa shape index (κ2) is 13.1. The molecule has 0 bridgehead atoms. The largest absolute Gasteiger partial charge is 0.379 e. The van der Waals surface area contributed by atoms with Crippen molar-refractivity contribution < 1.29 is 20.5 Å². The Bertz CT molecular complexity index is 1070. The molecule has 0 atom stereocenters. The molecule has 6 nitrogen and oxygen atoms in total. The summed E-state index contributed by atoms with van der Waals surface area (Å²) in [5.41, 5.74) is 3.75. The smallest absolute Gasteiger partial charge is 0.227 e. The molecule has 0 radical (unpaired) electrons. The van der Waals surface area contributed by atoms with E-state index < -0.39 is 0 Å². The van der Waals surface area contributed by atoms with Gasteiger partial charge >= 0.3 is 0 Å². The minimum absolute atomic E-state index is 0. The second-order valence-electron chi connectivity index (χ2n) is 9.79. The summed E-state index contributed by atoms with van der Waals surface area (Å²) in [7, 11) is 0. The Morgan fingerprint density at radius 2 is 1.57 bits per heavy atom. The maximum absolute atomic E-state index is 13.2. The van der Waals surface area contributed by atoms with E-state index in [1.54, 1.807) is 4.90 Å². The first kappa shape index (κ1) is 26.5. The molecule has 6 heteroatoms. The van der Waals surface area contributed by atoms with Crippen molar-refractivity contribution in [2.45, 2.75) is 46.6 Å². The standard InChI is InChI=1S/C29H36N2O4.H2/c1-29(2,3)16-18-34-20-21-35-19-17-30-27(32)14-15-28(33)31-22-25-10-5-4-8-23(25)12-13-24-9-6-7-11-26(24)31;/h4-11H,14-22H2,1-3H3,(H,30,32);1H. The molecule has 0 spiro atoms. The van der Waals surface area contributed by atoms with E-state index >= 15 is 0 Å². The van der Waals surface area contributed by atoms with Gasteiger partial charge in [0.1, 0.15) is 0 Å². The highest BCUT2D eigenvalue weighted by Gasteiger charge is 2.21. The number of nitrogens with one attached hydrogen (secondary N) is 1. The quantitative estimate of drug-likeness (QED) is 0.380. The Morgan fingerprint density at radius 1 is 0.914 bits per heavy atom. The van der Waals surface area contributed by atoms with Crippen LogP contribution in [-0.2, 0) is 25.6 Å². The van der Waals surface area contributed by atoms with E-state index in [9.17, 15) is 9.59 Å².